The van der Waals surface area contributed by atoms with Crippen molar-refractivity contribution in [1.29, 1.82) is 0 Å². The van der Waals surface area contributed by atoms with Crippen molar-refractivity contribution in [2.24, 2.45) is 5.92 Å². The van der Waals surface area contributed by atoms with E-state index in [9.17, 15) is 4.79 Å². The van der Waals surface area contributed by atoms with Crippen LogP contribution in [-0.2, 0) is 4.79 Å². The molecular weight excluding hydrogens is 134 g/mol. The fourth-order valence-electron chi connectivity index (χ4n) is 0.740. The highest BCUT2D eigenvalue weighted by Crippen LogP contribution is 2.32. The van der Waals surface area contributed by atoms with Crippen LogP contribution in [0.4, 0.5) is 0 Å². The molecule has 0 aliphatic heterocycles. The molecule has 1 fully saturated rings. The highest BCUT2D eigenvalue weighted by molar-refractivity contribution is 7.97. The summed E-state index contributed by atoms with van der Waals surface area (Å²) in [6.45, 7) is 0. The molecule has 1 saturated carbocycles. The minimum absolute atomic E-state index is 0.185. The van der Waals surface area contributed by atoms with Crippen LogP contribution in [0.5, 0.6) is 0 Å². The molecule has 0 radical (unpaired) electrons. The van der Waals surface area contributed by atoms with E-state index in [4.69, 9.17) is 0 Å². The molecule has 1 rings (SSSR count). The quantitative estimate of drug-likeness (QED) is 0.604. The molecule has 0 heterocycles. The van der Waals surface area contributed by atoms with Crippen molar-refractivity contribution in [3.8, 4) is 0 Å². The lowest BCUT2D eigenvalue weighted by Crippen LogP contribution is -2.14. The first-order valence-electron chi connectivity index (χ1n) is 3.14. The molecule has 2 nitrogen and oxygen atoms in total. The summed E-state index contributed by atoms with van der Waals surface area (Å²) in [5.41, 5.74) is 0. The molecule has 0 bridgehead atoms. The molecule has 1 aliphatic rings. The molecule has 0 aromatic rings. The largest absolute Gasteiger partial charge is 0.300 e. The van der Waals surface area contributed by atoms with E-state index in [-0.39, 0.29) is 5.91 Å². The SMILES string of the molecule is CSNC(=O)CC1CC1. The van der Waals surface area contributed by atoms with E-state index in [1.54, 1.807) is 0 Å². The highest BCUT2D eigenvalue weighted by Gasteiger charge is 2.23. The van der Waals surface area contributed by atoms with E-state index in [2.05, 4.69) is 4.72 Å². The van der Waals surface area contributed by atoms with Gasteiger partial charge in [-0.15, -0.1) is 0 Å². The van der Waals surface area contributed by atoms with Gasteiger partial charge in [0.15, 0.2) is 0 Å². The van der Waals surface area contributed by atoms with Gasteiger partial charge in [-0.1, -0.05) is 11.9 Å². The van der Waals surface area contributed by atoms with Gasteiger partial charge in [-0.25, -0.2) is 0 Å². The van der Waals surface area contributed by atoms with E-state index in [0.29, 0.717) is 5.92 Å². The van der Waals surface area contributed by atoms with Gasteiger partial charge in [0.05, 0.1) is 0 Å². The Labute approximate surface area is 59.5 Å². The van der Waals surface area contributed by atoms with Crippen molar-refractivity contribution in [3.63, 3.8) is 0 Å². The molecule has 0 aromatic carbocycles. The van der Waals surface area contributed by atoms with Gasteiger partial charge in [0.2, 0.25) is 5.91 Å². The maximum absolute atomic E-state index is 10.8. The van der Waals surface area contributed by atoms with Crippen LogP contribution in [0.15, 0.2) is 0 Å². The summed E-state index contributed by atoms with van der Waals surface area (Å²) in [5.74, 6) is 0.891. The van der Waals surface area contributed by atoms with Crippen LogP contribution in [0.2, 0.25) is 0 Å². The first-order valence-corrected chi connectivity index (χ1v) is 4.37. The lowest BCUT2D eigenvalue weighted by Gasteiger charge is -1.96. The van der Waals surface area contributed by atoms with Crippen molar-refractivity contribution in [2.45, 2.75) is 19.3 Å². The van der Waals surface area contributed by atoms with Gasteiger partial charge in [-0.05, 0) is 18.8 Å². The van der Waals surface area contributed by atoms with Crippen LogP contribution < -0.4 is 4.72 Å². The monoisotopic (exact) mass is 145 g/mol. The number of hydrogen-bond acceptors (Lipinski definition) is 2. The van der Waals surface area contributed by atoms with Crippen molar-refractivity contribution in [2.75, 3.05) is 6.26 Å². The molecule has 1 aliphatic carbocycles. The lowest BCUT2D eigenvalue weighted by atomic mass is 10.3. The molecule has 0 aromatic heterocycles. The third-order valence-electron chi connectivity index (χ3n) is 1.39. The number of rotatable bonds is 3. The Kier molecular flexibility index (Phi) is 2.39. The molecule has 0 spiro atoms. The van der Waals surface area contributed by atoms with Crippen molar-refractivity contribution in [3.05, 3.63) is 0 Å². The van der Waals surface area contributed by atoms with Gasteiger partial charge < -0.3 is 4.72 Å². The topological polar surface area (TPSA) is 29.1 Å². The number of amides is 1. The smallest absolute Gasteiger partial charge is 0.230 e. The number of carbonyl (C=O) groups is 1. The molecule has 3 heteroatoms. The average molecular weight is 145 g/mol. The Morgan fingerprint density at radius 1 is 1.78 bits per heavy atom. The van der Waals surface area contributed by atoms with Crippen molar-refractivity contribution < 1.29 is 4.79 Å². The summed E-state index contributed by atoms with van der Waals surface area (Å²) in [4.78, 5) is 10.8. The first kappa shape index (κ1) is 6.93. The molecule has 52 valence electrons. The number of nitrogens with one attached hydrogen (secondary N) is 1. The van der Waals surface area contributed by atoms with Crippen LogP contribution in [0.3, 0.4) is 0 Å². The van der Waals surface area contributed by atoms with Crippen LogP contribution in [0.25, 0.3) is 0 Å². The van der Waals surface area contributed by atoms with E-state index < -0.39 is 0 Å². The zero-order valence-corrected chi connectivity index (χ0v) is 6.33. The number of hydrogen-bond donors (Lipinski definition) is 1. The van der Waals surface area contributed by atoms with Gasteiger partial charge in [0.25, 0.3) is 0 Å². The van der Waals surface area contributed by atoms with E-state index in [1.807, 2.05) is 6.26 Å². The maximum Gasteiger partial charge on any atom is 0.230 e. The summed E-state index contributed by atoms with van der Waals surface area (Å²) in [5, 5.41) is 0. The fourth-order valence-corrected chi connectivity index (χ4v) is 1.05. The van der Waals surface area contributed by atoms with Crippen LogP contribution in [0, 0.1) is 5.92 Å². The third-order valence-corrected chi connectivity index (χ3v) is 1.82. The normalized spacial score (nSPS) is 17.4. The summed E-state index contributed by atoms with van der Waals surface area (Å²) in [6, 6.07) is 0. The zero-order chi connectivity index (χ0) is 6.69. The Hall–Kier alpha value is -0.180. The third kappa shape index (κ3) is 2.75. The lowest BCUT2D eigenvalue weighted by molar-refractivity contribution is -0.119. The summed E-state index contributed by atoms with van der Waals surface area (Å²) in [6.07, 6.45) is 5.11. The highest BCUT2D eigenvalue weighted by atomic mass is 32.2. The van der Waals surface area contributed by atoms with Crippen LogP contribution >= 0.6 is 11.9 Å². The predicted octanol–water partition coefficient (Wildman–Crippen LogP) is 1.18. The molecule has 9 heavy (non-hydrogen) atoms. The average Bonchev–Trinajstić information content (AvgIpc) is 2.50. The Balaban J connectivity index is 2.02. The predicted molar refractivity (Wildman–Crippen MR) is 39.0 cm³/mol. The summed E-state index contributed by atoms with van der Waals surface area (Å²) < 4.78 is 2.69. The second kappa shape index (κ2) is 3.11. The van der Waals surface area contributed by atoms with Gasteiger partial charge in [0, 0.05) is 12.7 Å². The fraction of sp³-hybridized carbons (Fsp3) is 0.833. The molecule has 1 N–H and O–H groups in total. The second-order valence-corrected chi connectivity index (χ2v) is 2.99. The van der Waals surface area contributed by atoms with E-state index >= 15 is 0 Å². The van der Waals surface area contributed by atoms with E-state index in [1.165, 1.54) is 24.8 Å². The second-order valence-electron chi connectivity index (χ2n) is 2.38. The summed E-state index contributed by atoms with van der Waals surface area (Å²) >= 11 is 1.38. The molecular formula is C6H11NOS. The van der Waals surface area contributed by atoms with Crippen molar-refractivity contribution in [1.82, 2.24) is 4.72 Å². The van der Waals surface area contributed by atoms with Crippen LogP contribution in [0.1, 0.15) is 19.3 Å². The standard InChI is InChI=1S/C6H11NOS/c1-9-7-6(8)4-5-2-3-5/h5H,2-4H2,1H3,(H,7,8). The van der Waals surface area contributed by atoms with Gasteiger partial charge in [-0.3, -0.25) is 4.79 Å². The maximum atomic E-state index is 10.8. The van der Waals surface area contributed by atoms with Gasteiger partial charge in [0.1, 0.15) is 0 Å². The molecule has 0 atom stereocenters. The Bertz CT molecular complexity index is 112. The van der Waals surface area contributed by atoms with Crippen molar-refractivity contribution >= 4 is 17.9 Å². The van der Waals surface area contributed by atoms with E-state index in [0.717, 1.165) is 6.42 Å². The molecule has 0 unspecified atom stereocenters. The molecule has 1 amide bonds. The van der Waals surface area contributed by atoms with Gasteiger partial charge >= 0.3 is 0 Å². The zero-order valence-electron chi connectivity index (χ0n) is 5.52. The minimum atomic E-state index is 0.185. The number of carbonyl (C=O) groups excluding carboxylic acids is 1. The minimum Gasteiger partial charge on any atom is -0.300 e. The van der Waals surface area contributed by atoms with Gasteiger partial charge in [-0.2, -0.15) is 0 Å². The Morgan fingerprint density at radius 3 is 2.89 bits per heavy atom. The first-order chi connectivity index (χ1) is 4.33. The molecule has 0 saturated heterocycles. The van der Waals surface area contributed by atoms with Crippen LogP contribution in [-0.4, -0.2) is 12.2 Å². The summed E-state index contributed by atoms with van der Waals surface area (Å²) in [7, 11) is 0. The Morgan fingerprint density at radius 2 is 2.44 bits per heavy atom.